The van der Waals surface area contributed by atoms with Gasteiger partial charge in [-0.25, -0.2) is 19.3 Å². The molecule has 0 aliphatic carbocycles. The standard InChI is InChI=1S/C17H18FN11O5/c18-8-3-6(22-11(30)4-7-13(19)24-17(20)25-14(7)31)5-21-12(8)15(32)23-9(16(33)34)1-2-10-26-28-29-27-10/h3,5,9H,1-2,4H2,(H,22,30)(H,23,32)(H,33,34)(H,26,27,28,29)(H5,19,20,24,25,31)/t9-/m0/s1. The Morgan fingerprint density at radius 2 is 2.03 bits per heavy atom. The Balaban J connectivity index is 1.64. The molecule has 0 saturated carbocycles. The van der Waals surface area contributed by atoms with Gasteiger partial charge >= 0.3 is 5.97 Å². The fourth-order valence-corrected chi connectivity index (χ4v) is 2.79. The minimum Gasteiger partial charge on any atom is -0.480 e. The number of hydrogen-bond donors (Lipinski definition) is 7. The number of aliphatic carboxylic acids is 1. The molecule has 0 unspecified atom stereocenters. The quantitative estimate of drug-likeness (QED) is 0.177. The highest BCUT2D eigenvalue weighted by molar-refractivity contribution is 5.96. The van der Waals surface area contributed by atoms with E-state index in [2.05, 4.69) is 46.2 Å². The van der Waals surface area contributed by atoms with Crippen molar-refractivity contribution in [3.63, 3.8) is 0 Å². The summed E-state index contributed by atoms with van der Waals surface area (Å²) < 4.78 is 14.5. The van der Waals surface area contributed by atoms with E-state index in [-0.39, 0.29) is 35.9 Å². The lowest BCUT2D eigenvalue weighted by Gasteiger charge is -2.14. The van der Waals surface area contributed by atoms with Gasteiger partial charge < -0.3 is 27.2 Å². The number of aryl methyl sites for hydroxylation is 1. The molecule has 0 fully saturated rings. The van der Waals surface area contributed by atoms with Crippen molar-refractivity contribution in [2.75, 3.05) is 16.8 Å². The van der Waals surface area contributed by atoms with Gasteiger partial charge in [-0.3, -0.25) is 19.4 Å². The molecule has 0 saturated heterocycles. The van der Waals surface area contributed by atoms with Crippen molar-refractivity contribution in [3.8, 4) is 0 Å². The van der Waals surface area contributed by atoms with Crippen LogP contribution in [-0.4, -0.2) is 64.5 Å². The Hall–Kier alpha value is -4.96. The maximum absolute atomic E-state index is 14.5. The summed E-state index contributed by atoms with van der Waals surface area (Å²) >= 11 is 0. The van der Waals surface area contributed by atoms with Crippen LogP contribution in [0.5, 0.6) is 0 Å². The molecule has 0 bridgehead atoms. The average molecular weight is 475 g/mol. The normalized spacial score (nSPS) is 11.6. The monoisotopic (exact) mass is 475 g/mol. The van der Waals surface area contributed by atoms with Gasteiger partial charge in [0.1, 0.15) is 17.7 Å². The summed E-state index contributed by atoms with van der Waals surface area (Å²) in [6.07, 6.45) is 0.540. The van der Waals surface area contributed by atoms with Crippen molar-refractivity contribution in [2.24, 2.45) is 0 Å². The number of nitrogen functional groups attached to an aromatic ring is 2. The molecule has 3 heterocycles. The van der Waals surface area contributed by atoms with Gasteiger partial charge in [0.25, 0.3) is 11.5 Å². The largest absolute Gasteiger partial charge is 0.480 e. The van der Waals surface area contributed by atoms with Crippen molar-refractivity contribution in [2.45, 2.75) is 25.3 Å². The van der Waals surface area contributed by atoms with Crippen molar-refractivity contribution >= 4 is 35.2 Å². The van der Waals surface area contributed by atoms with E-state index < -0.39 is 47.3 Å². The number of amides is 2. The van der Waals surface area contributed by atoms with E-state index in [1.807, 2.05) is 0 Å². The second-order valence-electron chi connectivity index (χ2n) is 6.85. The third kappa shape index (κ3) is 5.84. The molecule has 2 amide bonds. The SMILES string of the molecule is Nc1nc(N)c(CC(=O)Nc2cnc(C(=O)N[C@@H](CCc3nnn[nH]3)C(=O)O)c(F)c2)c(=O)[nH]1. The van der Waals surface area contributed by atoms with Gasteiger partial charge in [-0.05, 0) is 16.8 Å². The van der Waals surface area contributed by atoms with E-state index in [0.29, 0.717) is 5.82 Å². The topological polar surface area (TPSA) is 261 Å². The van der Waals surface area contributed by atoms with Crippen LogP contribution in [0.25, 0.3) is 0 Å². The second-order valence-corrected chi connectivity index (χ2v) is 6.85. The summed E-state index contributed by atoms with van der Waals surface area (Å²) in [6, 6.07) is -0.555. The summed E-state index contributed by atoms with van der Waals surface area (Å²) in [7, 11) is 0. The first-order chi connectivity index (χ1) is 16.1. The van der Waals surface area contributed by atoms with Crippen LogP contribution < -0.4 is 27.7 Å². The molecule has 1 atom stereocenters. The number of halogens is 1. The predicted octanol–water partition coefficient (Wildman–Crippen LogP) is -2.02. The third-order valence-corrected chi connectivity index (χ3v) is 4.41. The van der Waals surface area contributed by atoms with Gasteiger partial charge in [0.05, 0.1) is 23.9 Å². The zero-order chi connectivity index (χ0) is 24.8. The number of nitrogens with zero attached hydrogens (tertiary/aromatic N) is 5. The number of rotatable bonds is 9. The van der Waals surface area contributed by atoms with Crippen LogP contribution in [-0.2, 0) is 22.4 Å². The number of aromatic amines is 2. The number of pyridine rings is 1. The molecule has 3 aromatic rings. The van der Waals surface area contributed by atoms with Gasteiger partial charge in [0.2, 0.25) is 11.9 Å². The summed E-state index contributed by atoms with van der Waals surface area (Å²) in [5, 5.41) is 26.5. The first-order valence-electron chi connectivity index (χ1n) is 9.49. The zero-order valence-corrected chi connectivity index (χ0v) is 17.2. The van der Waals surface area contributed by atoms with Crippen LogP contribution in [0.2, 0.25) is 0 Å². The number of nitrogens with one attached hydrogen (secondary N) is 4. The first kappa shape index (κ1) is 23.7. The fourth-order valence-electron chi connectivity index (χ4n) is 2.79. The molecule has 17 heteroatoms. The van der Waals surface area contributed by atoms with E-state index in [1.54, 1.807) is 0 Å². The molecule has 16 nitrogen and oxygen atoms in total. The number of aromatic nitrogens is 7. The highest BCUT2D eigenvalue weighted by Crippen LogP contribution is 2.13. The summed E-state index contributed by atoms with van der Waals surface area (Å²) in [5.41, 5.74) is 9.29. The van der Waals surface area contributed by atoms with E-state index in [0.717, 1.165) is 12.3 Å². The molecule has 0 aromatic carbocycles. The minimum atomic E-state index is -1.37. The number of hydrogen-bond acceptors (Lipinski definition) is 11. The van der Waals surface area contributed by atoms with E-state index in [4.69, 9.17) is 11.5 Å². The summed E-state index contributed by atoms with van der Waals surface area (Å²) in [6.45, 7) is 0. The van der Waals surface area contributed by atoms with Crippen LogP contribution in [0.1, 0.15) is 28.3 Å². The Bertz CT molecular complexity index is 1280. The number of H-pyrrole nitrogens is 2. The zero-order valence-electron chi connectivity index (χ0n) is 17.2. The second kappa shape index (κ2) is 10.1. The van der Waals surface area contributed by atoms with Gasteiger partial charge in [0.15, 0.2) is 11.5 Å². The van der Waals surface area contributed by atoms with Gasteiger partial charge in [-0.1, -0.05) is 0 Å². The fraction of sp³-hybridized carbons (Fsp3) is 0.235. The number of nitrogens with two attached hydrogens (primary N) is 2. The number of carboxylic acid groups (broad SMARTS) is 1. The number of anilines is 3. The van der Waals surface area contributed by atoms with Crippen molar-refractivity contribution in [1.82, 2.24) is 40.9 Å². The molecular formula is C17H18FN11O5. The first-order valence-corrected chi connectivity index (χ1v) is 9.49. The molecule has 34 heavy (non-hydrogen) atoms. The molecule has 0 aliphatic rings. The Labute approximate surface area is 188 Å². The summed E-state index contributed by atoms with van der Waals surface area (Å²) in [4.78, 5) is 57.3. The van der Waals surface area contributed by atoms with Crippen LogP contribution in [0, 0.1) is 5.82 Å². The lowest BCUT2D eigenvalue weighted by molar-refractivity contribution is -0.139. The maximum atomic E-state index is 14.5. The van der Waals surface area contributed by atoms with Crippen molar-refractivity contribution in [1.29, 1.82) is 0 Å². The lowest BCUT2D eigenvalue weighted by Crippen LogP contribution is -2.41. The van der Waals surface area contributed by atoms with E-state index in [9.17, 15) is 28.7 Å². The molecular weight excluding hydrogens is 457 g/mol. The molecule has 0 aliphatic heterocycles. The number of tetrazole rings is 1. The van der Waals surface area contributed by atoms with Crippen molar-refractivity contribution in [3.05, 3.63) is 45.5 Å². The maximum Gasteiger partial charge on any atom is 0.326 e. The van der Waals surface area contributed by atoms with E-state index >= 15 is 0 Å². The van der Waals surface area contributed by atoms with Gasteiger partial charge in [-0.15, -0.1) is 5.10 Å². The van der Waals surface area contributed by atoms with E-state index in [1.165, 1.54) is 0 Å². The molecule has 3 aromatic heterocycles. The van der Waals surface area contributed by atoms with Crippen LogP contribution in [0.4, 0.5) is 21.8 Å². The van der Waals surface area contributed by atoms with Crippen LogP contribution in [0.3, 0.4) is 0 Å². The molecule has 0 radical (unpaired) electrons. The number of carboxylic acids is 1. The predicted molar refractivity (Wildman–Crippen MR) is 112 cm³/mol. The Morgan fingerprint density at radius 3 is 2.65 bits per heavy atom. The highest BCUT2D eigenvalue weighted by atomic mass is 19.1. The third-order valence-electron chi connectivity index (χ3n) is 4.41. The molecule has 3 rings (SSSR count). The number of carbonyl (C=O) groups is 3. The lowest BCUT2D eigenvalue weighted by atomic mass is 10.1. The Morgan fingerprint density at radius 1 is 1.26 bits per heavy atom. The number of carbonyl (C=O) groups excluding carboxylic acids is 2. The van der Waals surface area contributed by atoms with Gasteiger partial charge in [-0.2, -0.15) is 4.98 Å². The Kier molecular flexibility index (Phi) is 7.04. The molecule has 9 N–H and O–H groups in total. The van der Waals surface area contributed by atoms with Crippen molar-refractivity contribution < 1.29 is 23.9 Å². The van der Waals surface area contributed by atoms with Gasteiger partial charge in [0, 0.05) is 12.5 Å². The minimum absolute atomic E-state index is 0.0735. The highest BCUT2D eigenvalue weighted by Gasteiger charge is 2.24. The molecule has 0 spiro atoms. The van der Waals surface area contributed by atoms with Crippen LogP contribution >= 0.6 is 0 Å². The molecule has 178 valence electrons. The summed E-state index contributed by atoms with van der Waals surface area (Å²) in [5.74, 6) is -4.43. The smallest absolute Gasteiger partial charge is 0.326 e. The average Bonchev–Trinajstić information content (AvgIpc) is 3.27. The van der Waals surface area contributed by atoms with Crippen LogP contribution in [0.15, 0.2) is 17.1 Å².